The molecule has 124 valence electrons. The summed E-state index contributed by atoms with van der Waals surface area (Å²) in [4.78, 5) is 14.0. The summed E-state index contributed by atoms with van der Waals surface area (Å²) in [5.74, 6) is 0.0139. The van der Waals surface area contributed by atoms with Gasteiger partial charge in [-0.05, 0) is 57.7 Å². The molecule has 1 amide bonds. The summed E-state index contributed by atoms with van der Waals surface area (Å²) in [5, 5.41) is 6.21. The van der Waals surface area contributed by atoms with E-state index >= 15 is 0 Å². The van der Waals surface area contributed by atoms with Gasteiger partial charge in [-0.25, -0.2) is 4.39 Å². The summed E-state index contributed by atoms with van der Waals surface area (Å²) < 4.78 is 13.7. The molecule has 1 aromatic rings. The Morgan fingerprint density at radius 2 is 2.05 bits per heavy atom. The third kappa shape index (κ3) is 5.55. The number of carbonyl (C=O) groups is 1. The molecule has 0 aliphatic carbocycles. The molecule has 1 saturated heterocycles. The van der Waals surface area contributed by atoms with Crippen molar-refractivity contribution in [1.82, 2.24) is 15.5 Å². The minimum absolute atomic E-state index is 0. The van der Waals surface area contributed by atoms with Crippen LogP contribution < -0.4 is 10.6 Å². The first-order chi connectivity index (χ1) is 10.1. The van der Waals surface area contributed by atoms with Crippen LogP contribution in [0.2, 0.25) is 0 Å². The molecule has 0 bridgehead atoms. The van der Waals surface area contributed by atoms with Gasteiger partial charge in [0.2, 0.25) is 5.91 Å². The zero-order chi connectivity index (χ0) is 15.2. The van der Waals surface area contributed by atoms with Gasteiger partial charge in [0, 0.05) is 24.6 Å². The van der Waals surface area contributed by atoms with Crippen molar-refractivity contribution in [2.24, 2.45) is 5.92 Å². The molecule has 1 fully saturated rings. The average Bonchev–Trinajstić information content (AvgIpc) is 2.48. The maximum Gasteiger partial charge on any atom is 0.223 e. The van der Waals surface area contributed by atoms with Crippen molar-refractivity contribution in [3.05, 3.63) is 35.1 Å². The second-order valence-corrected chi connectivity index (χ2v) is 5.91. The molecule has 0 saturated carbocycles. The number of hydrogen-bond donors (Lipinski definition) is 2. The molecule has 0 unspecified atom stereocenters. The quantitative estimate of drug-likeness (QED) is 0.867. The lowest BCUT2D eigenvalue weighted by Crippen LogP contribution is -2.37. The van der Waals surface area contributed by atoms with Crippen LogP contribution in [0.1, 0.15) is 24.0 Å². The van der Waals surface area contributed by atoms with Gasteiger partial charge in [0.25, 0.3) is 0 Å². The molecule has 0 radical (unpaired) electrons. The van der Waals surface area contributed by atoms with E-state index in [9.17, 15) is 9.18 Å². The highest BCUT2D eigenvalue weighted by molar-refractivity contribution is 5.85. The summed E-state index contributed by atoms with van der Waals surface area (Å²) in [6.07, 6.45) is 1.78. The standard InChI is InChI=1S/C16H24FN3O.ClH/c1-20(2)11-14-9-12(3-4-15(14)17)10-19-16(21)13-5-7-18-8-6-13;/h3-4,9,13,18H,5-8,10-11H2,1-2H3,(H,19,21);1H. The number of hydrogen-bond acceptors (Lipinski definition) is 3. The van der Waals surface area contributed by atoms with Crippen LogP contribution in [0.25, 0.3) is 0 Å². The molecular weight excluding hydrogens is 305 g/mol. The Kier molecular flexibility index (Phi) is 7.79. The second kappa shape index (κ2) is 9.08. The van der Waals surface area contributed by atoms with Crippen molar-refractivity contribution in [2.45, 2.75) is 25.9 Å². The minimum Gasteiger partial charge on any atom is -0.352 e. The van der Waals surface area contributed by atoms with Crippen molar-refractivity contribution in [2.75, 3.05) is 27.2 Å². The van der Waals surface area contributed by atoms with Crippen molar-refractivity contribution in [1.29, 1.82) is 0 Å². The Balaban J connectivity index is 0.00000242. The molecular formula is C16H25ClFN3O. The summed E-state index contributed by atoms with van der Waals surface area (Å²) in [5.41, 5.74) is 1.60. The van der Waals surface area contributed by atoms with E-state index in [1.165, 1.54) is 6.07 Å². The molecule has 1 aromatic carbocycles. The Morgan fingerprint density at radius 1 is 1.36 bits per heavy atom. The van der Waals surface area contributed by atoms with Gasteiger partial charge in [-0.3, -0.25) is 4.79 Å². The number of halogens is 2. The van der Waals surface area contributed by atoms with Crippen LogP contribution in [0.3, 0.4) is 0 Å². The van der Waals surface area contributed by atoms with E-state index in [0.29, 0.717) is 18.7 Å². The third-order valence-corrected chi connectivity index (χ3v) is 3.77. The van der Waals surface area contributed by atoms with E-state index in [-0.39, 0.29) is 30.0 Å². The lowest BCUT2D eigenvalue weighted by molar-refractivity contribution is -0.125. The molecule has 0 spiro atoms. The smallest absolute Gasteiger partial charge is 0.223 e. The van der Waals surface area contributed by atoms with Crippen LogP contribution >= 0.6 is 12.4 Å². The molecule has 4 nitrogen and oxygen atoms in total. The maximum atomic E-state index is 13.7. The number of rotatable bonds is 5. The van der Waals surface area contributed by atoms with Crippen molar-refractivity contribution < 1.29 is 9.18 Å². The largest absolute Gasteiger partial charge is 0.352 e. The average molecular weight is 330 g/mol. The van der Waals surface area contributed by atoms with Crippen molar-refractivity contribution in [3.63, 3.8) is 0 Å². The molecule has 1 heterocycles. The maximum absolute atomic E-state index is 13.7. The molecule has 0 aromatic heterocycles. The van der Waals surface area contributed by atoms with Gasteiger partial charge in [-0.1, -0.05) is 6.07 Å². The van der Waals surface area contributed by atoms with Gasteiger partial charge in [-0.15, -0.1) is 12.4 Å². The van der Waals surface area contributed by atoms with E-state index in [1.54, 1.807) is 6.07 Å². The third-order valence-electron chi connectivity index (χ3n) is 3.77. The van der Waals surface area contributed by atoms with Gasteiger partial charge < -0.3 is 15.5 Å². The summed E-state index contributed by atoms with van der Waals surface area (Å²) in [6.45, 7) is 2.83. The van der Waals surface area contributed by atoms with Gasteiger partial charge in [0.05, 0.1) is 0 Å². The SMILES string of the molecule is CN(C)Cc1cc(CNC(=O)C2CCNCC2)ccc1F.Cl. The number of nitrogens with zero attached hydrogens (tertiary/aromatic N) is 1. The Hall–Kier alpha value is -1.17. The van der Waals surface area contributed by atoms with Gasteiger partial charge in [0.15, 0.2) is 0 Å². The highest BCUT2D eigenvalue weighted by atomic mass is 35.5. The second-order valence-electron chi connectivity index (χ2n) is 5.91. The minimum atomic E-state index is -0.197. The van der Waals surface area contributed by atoms with Crippen LogP contribution in [0.4, 0.5) is 4.39 Å². The molecule has 1 aliphatic heterocycles. The van der Waals surface area contributed by atoms with E-state index < -0.39 is 0 Å². The van der Waals surface area contributed by atoms with Crippen LogP contribution in [-0.2, 0) is 17.9 Å². The van der Waals surface area contributed by atoms with E-state index in [4.69, 9.17) is 0 Å². The van der Waals surface area contributed by atoms with E-state index in [1.807, 2.05) is 25.1 Å². The Bertz CT molecular complexity index is 490. The fourth-order valence-electron chi connectivity index (χ4n) is 2.62. The van der Waals surface area contributed by atoms with Gasteiger partial charge in [-0.2, -0.15) is 0 Å². The molecule has 6 heteroatoms. The molecule has 2 rings (SSSR count). The number of nitrogens with one attached hydrogen (secondary N) is 2. The topological polar surface area (TPSA) is 44.4 Å². The van der Waals surface area contributed by atoms with Crippen molar-refractivity contribution in [3.8, 4) is 0 Å². The molecule has 0 atom stereocenters. The highest BCUT2D eigenvalue weighted by Gasteiger charge is 2.20. The Morgan fingerprint density at radius 3 is 2.68 bits per heavy atom. The predicted molar refractivity (Wildman–Crippen MR) is 88.5 cm³/mol. The first-order valence-electron chi connectivity index (χ1n) is 7.46. The normalized spacial score (nSPS) is 15.5. The fraction of sp³-hybridized carbons (Fsp3) is 0.562. The van der Waals surface area contributed by atoms with Crippen LogP contribution in [-0.4, -0.2) is 38.0 Å². The molecule has 2 N–H and O–H groups in total. The lowest BCUT2D eigenvalue weighted by atomic mass is 9.97. The van der Waals surface area contributed by atoms with Crippen LogP contribution in [0.15, 0.2) is 18.2 Å². The summed E-state index contributed by atoms with van der Waals surface area (Å²) >= 11 is 0. The fourth-order valence-corrected chi connectivity index (χ4v) is 2.62. The van der Waals surface area contributed by atoms with Gasteiger partial charge >= 0.3 is 0 Å². The zero-order valence-corrected chi connectivity index (χ0v) is 14.0. The predicted octanol–water partition coefficient (Wildman–Crippen LogP) is 1.92. The van der Waals surface area contributed by atoms with E-state index in [2.05, 4.69) is 10.6 Å². The number of benzene rings is 1. The summed E-state index contributed by atoms with van der Waals surface area (Å²) in [7, 11) is 3.82. The first-order valence-corrected chi connectivity index (χ1v) is 7.46. The zero-order valence-electron chi connectivity index (χ0n) is 13.2. The summed E-state index contributed by atoms with van der Waals surface area (Å²) in [6, 6.07) is 5.04. The molecule has 22 heavy (non-hydrogen) atoms. The van der Waals surface area contributed by atoms with Gasteiger partial charge in [0.1, 0.15) is 5.82 Å². The van der Waals surface area contributed by atoms with E-state index in [0.717, 1.165) is 31.5 Å². The lowest BCUT2D eigenvalue weighted by Gasteiger charge is -2.21. The number of amides is 1. The number of carbonyl (C=O) groups excluding carboxylic acids is 1. The van der Waals surface area contributed by atoms with Crippen molar-refractivity contribution >= 4 is 18.3 Å². The van der Waals surface area contributed by atoms with Crippen LogP contribution in [0, 0.1) is 11.7 Å². The Labute approximate surface area is 137 Å². The molecule has 1 aliphatic rings. The first kappa shape index (κ1) is 18.9. The highest BCUT2D eigenvalue weighted by Crippen LogP contribution is 2.14. The monoisotopic (exact) mass is 329 g/mol. The van der Waals surface area contributed by atoms with Crippen LogP contribution in [0.5, 0.6) is 0 Å². The number of piperidine rings is 1.